The van der Waals surface area contributed by atoms with Gasteiger partial charge in [0.05, 0.1) is 24.3 Å². The second kappa shape index (κ2) is 7.06. The smallest absolute Gasteiger partial charge is 0.219 e. The summed E-state index contributed by atoms with van der Waals surface area (Å²) in [5.41, 5.74) is 4.95. The number of benzene rings is 2. The first kappa shape index (κ1) is 17.8. The van der Waals surface area contributed by atoms with Gasteiger partial charge in [-0.05, 0) is 42.3 Å². The fourth-order valence-corrected chi connectivity index (χ4v) is 2.87. The average molecular weight is 368 g/mol. The maximum absolute atomic E-state index is 10.2. The zero-order valence-electron chi connectivity index (χ0n) is 14.4. The van der Waals surface area contributed by atoms with Crippen molar-refractivity contribution >= 4 is 41.2 Å². The van der Waals surface area contributed by atoms with Crippen molar-refractivity contribution in [1.82, 2.24) is 14.4 Å². The second-order valence-electron chi connectivity index (χ2n) is 5.83. The number of fused-ring (bicyclic) bond motifs is 3. The standard InChI is InChI=1S/C20H17N3O2.ClH/c1-13-20(24)23-18-9-8-15(11-17(18)21-12-19(23)22-13)7-6-14-4-3-5-16(10-14)25-2;/h3-12,24H,1-2H3;1H/b7-6+;. The molecule has 26 heavy (non-hydrogen) atoms. The lowest BCUT2D eigenvalue weighted by atomic mass is 10.1. The highest BCUT2D eigenvalue weighted by molar-refractivity contribution is 5.85. The molecule has 0 unspecified atom stereocenters. The van der Waals surface area contributed by atoms with Crippen LogP contribution >= 0.6 is 12.4 Å². The van der Waals surface area contributed by atoms with Gasteiger partial charge in [0.25, 0.3) is 0 Å². The zero-order chi connectivity index (χ0) is 17.4. The molecule has 0 saturated carbocycles. The molecule has 4 aromatic rings. The van der Waals surface area contributed by atoms with E-state index in [0.717, 1.165) is 27.9 Å². The Morgan fingerprint density at radius 3 is 2.62 bits per heavy atom. The molecule has 0 radical (unpaired) electrons. The number of aryl methyl sites for hydroxylation is 1. The van der Waals surface area contributed by atoms with Gasteiger partial charge in [-0.1, -0.05) is 30.4 Å². The van der Waals surface area contributed by atoms with Crippen LogP contribution in [0.25, 0.3) is 28.8 Å². The van der Waals surface area contributed by atoms with E-state index < -0.39 is 0 Å². The summed E-state index contributed by atoms with van der Waals surface area (Å²) in [5, 5.41) is 10.2. The summed E-state index contributed by atoms with van der Waals surface area (Å²) >= 11 is 0. The van der Waals surface area contributed by atoms with Crippen molar-refractivity contribution in [3.63, 3.8) is 0 Å². The molecular weight excluding hydrogens is 350 g/mol. The van der Waals surface area contributed by atoms with Gasteiger partial charge >= 0.3 is 0 Å². The monoisotopic (exact) mass is 367 g/mol. The Morgan fingerprint density at radius 2 is 1.85 bits per heavy atom. The lowest BCUT2D eigenvalue weighted by Gasteiger charge is -2.04. The summed E-state index contributed by atoms with van der Waals surface area (Å²) in [5.74, 6) is 0.984. The molecular formula is C20H18ClN3O2. The minimum Gasteiger partial charge on any atom is -0.497 e. The van der Waals surface area contributed by atoms with Gasteiger partial charge in [-0.2, -0.15) is 0 Å². The van der Waals surface area contributed by atoms with Crippen LogP contribution in [0.2, 0.25) is 0 Å². The molecule has 0 saturated heterocycles. The molecule has 5 nitrogen and oxygen atoms in total. The SMILES string of the molecule is COc1cccc(/C=C/c2ccc3c(c2)ncc2nc(C)c(O)n23)c1.Cl. The summed E-state index contributed by atoms with van der Waals surface area (Å²) in [6.45, 7) is 1.78. The van der Waals surface area contributed by atoms with Gasteiger partial charge in [0.1, 0.15) is 11.4 Å². The summed E-state index contributed by atoms with van der Waals surface area (Å²) in [6.07, 6.45) is 5.73. The van der Waals surface area contributed by atoms with Gasteiger partial charge in [0, 0.05) is 0 Å². The first-order chi connectivity index (χ1) is 12.2. The van der Waals surface area contributed by atoms with Crippen LogP contribution in [-0.4, -0.2) is 26.6 Å². The molecule has 0 aliphatic rings. The van der Waals surface area contributed by atoms with Gasteiger partial charge in [0.15, 0.2) is 5.65 Å². The third kappa shape index (κ3) is 3.09. The molecule has 0 atom stereocenters. The van der Waals surface area contributed by atoms with E-state index in [0.29, 0.717) is 11.3 Å². The molecule has 0 bridgehead atoms. The molecule has 2 aromatic carbocycles. The van der Waals surface area contributed by atoms with E-state index in [2.05, 4.69) is 9.97 Å². The molecule has 6 heteroatoms. The number of rotatable bonds is 3. The molecule has 132 valence electrons. The maximum Gasteiger partial charge on any atom is 0.219 e. The third-order valence-electron chi connectivity index (χ3n) is 4.17. The van der Waals surface area contributed by atoms with E-state index in [1.807, 2.05) is 54.6 Å². The van der Waals surface area contributed by atoms with E-state index in [1.54, 1.807) is 24.6 Å². The van der Waals surface area contributed by atoms with Crippen molar-refractivity contribution in [1.29, 1.82) is 0 Å². The van der Waals surface area contributed by atoms with Gasteiger partial charge in [0.2, 0.25) is 5.88 Å². The number of nitrogens with zero attached hydrogens (tertiary/aromatic N) is 3. The number of aromatic nitrogens is 3. The number of ether oxygens (including phenoxy) is 1. The number of imidazole rings is 1. The van der Waals surface area contributed by atoms with Crippen LogP contribution in [0.1, 0.15) is 16.8 Å². The number of methoxy groups -OCH3 is 1. The van der Waals surface area contributed by atoms with Crippen LogP contribution in [0.3, 0.4) is 0 Å². The first-order valence-electron chi connectivity index (χ1n) is 7.94. The van der Waals surface area contributed by atoms with Crippen LogP contribution in [0.5, 0.6) is 11.6 Å². The Balaban J connectivity index is 0.00000196. The van der Waals surface area contributed by atoms with Crippen LogP contribution in [-0.2, 0) is 0 Å². The van der Waals surface area contributed by atoms with Crippen molar-refractivity contribution < 1.29 is 9.84 Å². The number of hydrogen-bond donors (Lipinski definition) is 1. The fourth-order valence-electron chi connectivity index (χ4n) is 2.87. The normalized spacial score (nSPS) is 11.2. The first-order valence-corrected chi connectivity index (χ1v) is 7.94. The average Bonchev–Trinajstić information content (AvgIpc) is 2.94. The molecule has 1 N–H and O–H groups in total. The quantitative estimate of drug-likeness (QED) is 0.542. The van der Waals surface area contributed by atoms with E-state index in [1.165, 1.54) is 0 Å². The highest BCUT2D eigenvalue weighted by Crippen LogP contribution is 2.24. The Labute approximate surface area is 157 Å². The van der Waals surface area contributed by atoms with Crippen molar-refractivity contribution in [3.8, 4) is 11.6 Å². The molecule has 0 aliphatic heterocycles. The Kier molecular flexibility index (Phi) is 4.82. The van der Waals surface area contributed by atoms with E-state index in [-0.39, 0.29) is 18.3 Å². The minimum atomic E-state index is 0. The van der Waals surface area contributed by atoms with E-state index in [4.69, 9.17) is 4.74 Å². The van der Waals surface area contributed by atoms with Crippen molar-refractivity contribution in [2.24, 2.45) is 0 Å². The lowest BCUT2D eigenvalue weighted by molar-refractivity contribution is 0.414. The molecule has 0 amide bonds. The zero-order valence-corrected chi connectivity index (χ0v) is 15.2. The minimum absolute atomic E-state index is 0. The molecule has 0 fully saturated rings. The predicted octanol–water partition coefficient (Wildman–Crippen LogP) is 4.50. The molecule has 0 spiro atoms. The summed E-state index contributed by atoms with van der Waals surface area (Å²) in [4.78, 5) is 8.76. The Morgan fingerprint density at radius 1 is 1.08 bits per heavy atom. The fraction of sp³-hybridized carbons (Fsp3) is 0.100. The predicted molar refractivity (Wildman–Crippen MR) is 106 cm³/mol. The molecule has 2 heterocycles. The largest absolute Gasteiger partial charge is 0.497 e. The van der Waals surface area contributed by atoms with Gasteiger partial charge in [-0.25, -0.2) is 4.98 Å². The van der Waals surface area contributed by atoms with Gasteiger partial charge in [-0.3, -0.25) is 9.38 Å². The van der Waals surface area contributed by atoms with E-state index >= 15 is 0 Å². The second-order valence-corrected chi connectivity index (χ2v) is 5.83. The van der Waals surface area contributed by atoms with Crippen LogP contribution in [0.4, 0.5) is 0 Å². The number of aromatic hydroxyl groups is 1. The highest BCUT2D eigenvalue weighted by atomic mass is 35.5. The van der Waals surface area contributed by atoms with Gasteiger partial charge < -0.3 is 9.84 Å². The number of hydrogen-bond acceptors (Lipinski definition) is 4. The topological polar surface area (TPSA) is 59.7 Å². The van der Waals surface area contributed by atoms with Crippen molar-refractivity contribution in [3.05, 3.63) is 65.5 Å². The van der Waals surface area contributed by atoms with Crippen LogP contribution in [0.15, 0.2) is 48.7 Å². The maximum atomic E-state index is 10.2. The summed E-state index contributed by atoms with van der Waals surface area (Å²) in [7, 11) is 1.66. The van der Waals surface area contributed by atoms with E-state index in [9.17, 15) is 5.11 Å². The molecule has 0 aliphatic carbocycles. The van der Waals surface area contributed by atoms with Crippen molar-refractivity contribution in [2.75, 3.05) is 7.11 Å². The number of halogens is 1. The lowest BCUT2D eigenvalue weighted by Crippen LogP contribution is -1.91. The van der Waals surface area contributed by atoms with Crippen molar-refractivity contribution in [2.45, 2.75) is 6.92 Å². The molecule has 2 aromatic heterocycles. The molecule has 4 rings (SSSR count). The summed E-state index contributed by atoms with van der Waals surface area (Å²) < 4.78 is 6.96. The third-order valence-corrected chi connectivity index (χ3v) is 4.17. The Hall–Kier alpha value is -3.05. The Bertz CT molecular complexity index is 1120. The highest BCUT2D eigenvalue weighted by Gasteiger charge is 2.10. The summed E-state index contributed by atoms with van der Waals surface area (Å²) in [6, 6.07) is 13.8. The van der Waals surface area contributed by atoms with Crippen LogP contribution in [0, 0.1) is 6.92 Å². The van der Waals surface area contributed by atoms with Gasteiger partial charge in [-0.15, -0.1) is 12.4 Å². The van der Waals surface area contributed by atoms with Crippen LogP contribution < -0.4 is 4.74 Å².